The smallest absolute Gasteiger partial charge is 0.169 e. The summed E-state index contributed by atoms with van der Waals surface area (Å²) in [5, 5.41) is 9.88. The van der Waals surface area contributed by atoms with Crippen molar-refractivity contribution in [1.82, 2.24) is 0 Å². The third kappa shape index (κ3) is 0.640. The quantitative estimate of drug-likeness (QED) is 0.589. The highest BCUT2D eigenvalue weighted by Gasteiger charge is 2.70. The molecule has 1 atom stereocenters. The molecular weight excluding hydrogens is 176 g/mol. The minimum atomic E-state index is -0.711. The Hall–Kier alpha value is -0.890. The summed E-state index contributed by atoms with van der Waals surface area (Å²) in [4.78, 5) is 11.8. The number of allylic oxidation sites excluding steroid dienone is 4. The fourth-order valence-corrected chi connectivity index (χ4v) is 3.49. The molecule has 3 aliphatic carbocycles. The fraction of sp³-hybridized carbons (Fsp3) is 0.583. The Morgan fingerprint density at radius 2 is 1.57 bits per heavy atom. The van der Waals surface area contributed by atoms with E-state index in [0.29, 0.717) is 0 Å². The van der Waals surface area contributed by atoms with Gasteiger partial charge < -0.3 is 5.11 Å². The van der Waals surface area contributed by atoms with Crippen molar-refractivity contribution in [2.24, 2.45) is 10.8 Å². The van der Waals surface area contributed by atoms with E-state index in [4.69, 9.17) is 0 Å². The molecule has 0 aromatic rings. The average Bonchev–Trinajstić information content (AvgIpc) is 2.26. The zero-order chi connectivity index (χ0) is 9.81. The van der Waals surface area contributed by atoms with E-state index >= 15 is 0 Å². The molecule has 14 heavy (non-hydrogen) atoms. The van der Waals surface area contributed by atoms with Gasteiger partial charge in [-0.25, -0.2) is 0 Å². The van der Waals surface area contributed by atoms with Crippen molar-refractivity contribution in [1.29, 1.82) is 0 Å². The molecular formula is C12H14O2. The van der Waals surface area contributed by atoms with Gasteiger partial charge >= 0.3 is 0 Å². The number of hydrogen-bond acceptors (Lipinski definition) is 2. The van der Waals surface area contributed by atoms with Crippen LogP contribution in [0.2, 0.25) is 0 Å². The van der Waals surface area contributed by atoms with Crippen LogP contribution in [0.3, 0.4) is 0 Å². The van der Waals surface area contributed by atoms with Gasteiger partial charge in [-0.3, -0.25) is 4.79 Å². The van der Waals surface area contributed by atoms with Crippen LogP contribution in [0.15, 0.2) is 24.3 Å². The van der Waals surface area contributed by atoms with Crippen LogP contribution in [0.4, 0.5) is 0 Å². The Morgan fingerprint density at radius 3 is 2.07 bits per heavy atom. The molecule has 0 amide bonds. The third-order valence-electron chi connectivity index (χ3n) is 4.43. The number of Topliss-reactive ketones (excluding diaryl/α,β-unsaturated/α-hetero) is 1. The number of aliphatic hydroxyl groups excluding tert-OH is 1. The second-order valence-corrected chi connectivity index (χ2v) is 4.76. The number of carbonyl (C=O) groups is 1. The van der Waals surface area contributed by atoms with E-state index in [2.05, 4.69) is 24.3 Å². The first-order valence-corrected chi connectivity index (χ1v) is 5.25. The van der Waals surface area contributed by atoms with Crippen LogP contribution in [0.1, 0.15) is 25.7 Å². The van der Waals surface area contributed by atoms with Gasteiger partial charge in [-0.05, 0) is 25.7 Å². The molecule has 0 spiro atoms. The van der Waals surface area contributed by atoms with Gasteiger partial charge in [0.05, 0.1) is 0 Å². The number of ketones is 1. The van der Waals surface area contributed by atoms with Crippen molar-refractivity contribution < 1.29 is 9.90 Å². The van der Waals surface area contributed by atoms with Crippen molar-refractivity contribution in [3.8, 4) is 0 Å². The topological polar surface area (TPSA) is 37.3 Å². The predicted octanol–water partition coefficient (Wildman–Crippen LogP) is 1.60. The number of aliphatic hydroxyl groups is 1. The summed E-state index contributed by atoms with van der Waals surface area (Å²) in [6, 6.07) is 0. The molecule has 0 aliphatic heterocycles. The molecule has 1 fully saturated rings. The van der Waals surface area contributed by atoms with Crippen LogP contribution >= 0.6 is 0 Å². The Morgan fingerprint density at radius 1 is 1.07 bits per heavy atom. The normalized spacial score (nSPS) is 49.5. The minimum absolute atomic E-state index is 0.0752. The highest BCUT2D eigenvalue weighted by atomic mass is 16.3. The monoisotopic (exact) mass is 190 g/mol. The van der Waals surface area contributed by atoms with E-state index in [0.717, 1.165) is 25.7 Å². The molecule has 0 saturated heterocycles. The number of carbonyl (C=O) groups excluding carboxylic acids is 1. The van der Waals surface area contributed by atoms with E-state index in [1.165, 1.54) is 0 Å². The standard InChI is InChI=1S/C12H14O2/c13-9-10(14)12-6-2-1-5-11(9,12)7-3-4-8-12/h1-4,9,13H,5-8H2/t9-,11?,12?/m0/s1. The van der Waals surface area contributed by atoms with Gasteiger partial charge in [-0.1, -0.05) is 24.3 Å². The molecule has 0 aromatic heterocycles. The molecule has 74 valence electrons. The molecule has 2 heteroatoms. The van der Waals surface area contributed by atoms with Crippen molar-refractivity contribution >= 4 is 5.78 Å². The lowest BCUT2D eigenvalue weighted by Crippen LogP contribution is -2.70. The summed E-state index contributed by atoms with van der Waals surface area (Å²) >= 11 is 0. The van der Waals surface area contributed by atoms with Crippen molar-refractivity contribution in [3.05, 3.63) is 24.3 Å². The number of hydrogen-bond donors (Lipinski definition) is 1. The van der Waals surface area contributed by atoms with E-state index in [-0.39, 0.29) is 16.6 Å². The summed E-state index contributed by atoms with van der Waals surface area (Å²) in [6.45, 7) is 0. The SMILES string of the molecule is O=C1[C@H](O)C23CC=CCC12CC=CC3. The Bertz CT molecular complexity index is 333. The number of rotatable bonds is 0. The lowest BCUT2D eigenvalue weighted by Gasteiger charge is -2.63. The highest BCUT2D eigenvalue weighted by Crippen LogP contribution is 2.65. The fourth-order valence-electron chi connectivity index (χ4n) is 3.49. The molecule has 1 N–H and O–H groups in total. The molecule has 1 saturated carbocycles. The molecule has 2 nitrogen and oxygen atoms in total. The van der Waals surface area contributed by atoms with Gasteiger partial charge in [0, 0.05) is 10.8 Å². The van der Waals surface area contributed by atoms with Gasteiger partial charge in [0.25, 0.3) is 0 Å². The summed E-state index contributed by atoms with van der Waals surface area (Å²) < 4.78 is 0. The van der Waals surface area contributed by atoms with Gasteiger partial charge in [0.1, 0.15) is 6.10 Å². The lowest BCUT2D eigenvalue weighted by atomic mass is 9.39. The maximum Gasteiger partial charge on any atom is 0.169 e. The summed E-state index contributed by atoms with van der Waals surface area (Å²) in [6.07, 6.45) is 11.1. The van der Waals surface area contributed by atoms with Gasteiger partial charge in [0.2, 0.25) is 0 Å². The van der Waals surface area contributed by atoms with Crippen LogP contribution < -0.4 is 0 Å². The molecule has 0 heterocycles. The maximum absolute atomic E-state index is 11.8. The first-order chi connectivity index (χ1) is 6.73. The third-order valence-corrected chi connectivity index (χ3v) is 4.43. The van der Waals surface area contributed by atoms with Crippen molar-refractivity contribution in [2.45, 2.75) is 31.8 Å². The Balaban J connectivity index is 2.13. The van der Waals surface area contributed by atoms with Gasteiger partial charge in [-0.2, -0.15) is 0 Å². The van der Waals surface area contributed by atoms with E-state index in [1.54, 1.807) is 0 Å². The minimum Gasteiger partial charge on any atom is -0.385 e. The molecule has 0 unspecified atom stereocenters. The zero-order valence-electron chi connectivity index (χ0n) is 8.07. The summed E-state index contributed by atoms with van der Waals surface area (Å²) in [5.74, 6) is 0.0752. The van der Waals surface area contributed by atoms with E-state index in [9.17, 15) is 9.90 Å². The molecule has 0 bridgehead atoms. The summed E-state index contributed by atoms with van der Waals surface area (Å²) in [5.41, 5.74) is -0.385. The lowest BCUT2D eigenvalue weighted by molar-refractivity contribution is -0.197. The maximum atomic E-state index is 11.8. The van der Waals surface area contributed by atoms with Crippen molar-refractivity contribution in [2.75, 3.05) is 0 Å². The largest absolute Gasteiger partial charge is 0.385 e. The van der Waals surface area contributed by atoms with Crippen LogP contribution in [-0.2, 0) is 4.79 Å². The molecule has 3 aliphatic rings. The van der Waals surface area contributed by atoms with E-state index in [1.807, 2.05) is 0 Å². The first kappa shape index (κ1) is 8.42. The highest BCUT2D eigenvalue weighted by molar-refractivity contribution is 5.98. The average molecular weight is 190 g/mol. The van der Waals surface area contributed by atoms with Gasteiger partial charge in [0.15, 0.2) is 5.78 Å². The Kier molecular flexibility index (Phi) is 1.43. The van der Waals surface area contributed by atoms with Gasteiger partial charge in [-0.15, -0.1) is 0 Å². The van der Waals surface area contributed by atoms with E-state index < -0.39 is 6.10 Å². The summed E-state index contributed by atoms with van der Waals surface area (Å²) in [7, 11) is 0. The van der Waals surface area contributed by atoms with Crippen LogP contribution in [0.25, 0.3) is 0 Å². The molecule has 3 rings (SSSR count). The second-order valence-electron chi connectivity index (χ2n) is 4.76. The van der Waals surface area contributed by atoms with Crippen LogP contribution in [-0.4, -0.2) is 17.0 Å². The molecule has 0 aromatic carbocycles. The first-order valence-electron chi connectivity index (χ1n) is 5.25. The van der Waals surface area contributed by atoms with Crippen LogP contribution in [0, 0.1) is 10.8 Å². The zero-order valence-corrected chi connectivity index (χ0v) is 8.07. The second kappa shape index (κ2) is 2.37. The van der Waals surface area contributed by atoms with Crippen molar-refractivity contribution in [3.63, 3.8) is 0 Å². The predicted molar refractivity (Wildman–Crippen MR) is 52.6 cm³/mol. The molecule has 0 radical (unpaired) electrons. The Labute approximate surface area is 83.3 Å². The van der Waals surface area contributed by atoms with Crippen LogP contribution in [0.5, 0.6) is 0 Å².